The molecule has 21 heavy (non-hydrogen) atoms. The molecule has 1 saturated heterocycles. The average molecular weight is 333 g/mol. The lowest BCUT2D eigenvalue weighted by atomic mass is 9.92. The van der Waals surface area contributed by atoms with Crippen molar-refractivity contribution in [3.63, 3.8) is 0 Å². The number of ether oxygens (including phenoxy) is 1. The van der Waals surface area contributed by atoms with Crippen LogP contribution in [-0.2, 0) is 11.3 Å². The second kappa shape index (κ2) is 8.47. The number of methoxy groups -OCH3 is 1. The predicted octanol–water partition coefficient (Wildman–Crippen LogP) is 2.77. The molecule has 6 heteroatoms. The molecule has 118 valence electrons. The third-order valence-electron chi connectivity index (χ3n) is 3.68. The van der Waals surface area contributed by atoms with Crippen LogP contribution < -0.4 is 15.4 Å². The largest absolute Gasteiger partial charge is 0.495 e. The van der Waals surface area contributed by atoms with E-state index in [2.05, 4.69) is 17.6 Å². The molecule has 0 bridgehead atoms. The number of hydrogen-bond donors (Lipinski definition) is 2. The van der Waals surface area contributed by atoms with Crippen molar-refractivity contribution in [3.05, 3.63) is 28.8 Å². The van der Waals surface area contributed by atoms with Gasteiger partial charge in [0, 0.05) is 18.5 Å². The summed E-state index contributed by atoms with van der Waals surface area (Å²) >= 11 is 6.07. The predicted molar refractivity (Wildman–Crippen MR) is 87.3 cm³/mol. The van der Waals surface area contributed by atoms with Crippen LogP contribution in [0.15, 0.2) is 18.2 Å². The molecule has 4 nitrogen and oxygen atoms in total. The number of amides is 1. The molecule has 1 aliphatic heterocycles. The number of nitrogens with one attached hydrogen (secondary N) is 2. The second-order valence-corrected chi connectivity index (χ2v) is 5.67. The fourth-order valence-corrected chi connectivity index (χ4v) is 2.80. The molecule has 1 amide bonds. The maximum Gasteiger partial charge on any atom is 0.223 e. The van der Waals surface area contributed by atoms with Gasteiger partial charge in [-0.05, 0) is 44.0 Å². The van der Waals surface area contributed by atoms with Crippen molar-refractivity contribution < 1.29 is 9.53 Å². The highest BCUT2D eigenvalue weighted by molar-refractivity contribution is 6.32. The number of piperidine rings is 1. The molecular weight excluding hydrogens is 311 g/mol. The van der Waals surface area contributed by atoms with E-state index in [1.54, 1.807) is 7.11 Å². The lowest BCUT2D eigenvalue weighted by molar-refractivity contribution is -0.126. The second-order valence-electron chi connectivity index (χ2n) is 5.26. The van der Waals surface area contributed by atoms with Gasteiger partial charge in [-0.3, -0.25) is 4.79 Å². The third kappa shape index (κ3) is 5.06. The maximum atomic E-state index is 12.1. The van der Waals surface area contributed by atoms with Gasteiger partial charge in [0.15, 0.2) is 0 Å². The van der Waals surface area contributed by atoms with E-state index in [1.807, 2.05) is 18.2 Å². The van der Waals surface area contributed by atoms with Gasteiger partial charge in [-0.2, -0.15) is 0 Å². The van der Waals surface area contributed by atoms with E-state index in [9.17, 15) is 4.79 Å². The van der Waals surface area contributed by atoms with E-state index in [0.29, 0.717) is 23.4 Å². The normalized spacial score (nSPS) is 21.3. The summed E-state index contributed by atoms with van der Waals surface area (Å²) < 4.78 is 5.11. The Hall–Kier alpha value is -0.970. The van der Waals surface area contributed by atoms with E-state index in [-0.39, 0.29) is 24.2 Å². The summed E-state index contributed by atoms with van der Waals surface area (Å²) in [5, 5.41) is 6.90. The van der Waals surface area contributed by atoms with Gasteiger partial charge in [0.25, 0.3) is 0 Å². The number of carbonyl (C=O) groups is 1. The zero-order chi connectivity index (χ0) is 14.5. The Morgan fingerprint density at radius 2 is 2.29 bits per heavy atom. The van der Waals surface area contributed by atoms with E-state index in [1.165, 1.54) is 0 Å². The van der Waals surface area contributed by atoms with Gasteiger partial charge in [0.1, 0.15) is 5.75 Å². The van der Waals surface area contributed by atoms with Crippen molar-refractivity contribution >= 4 is 29.9 Å². The van der Waals surface area contributed by atoms with E-state index in [4.69, 9.17) is 16.3 Å². The molecule has 0 saturated carbocycles. The van der Waals surface area contributed by atoms with Crippen LogP contribution in [0, 0.1) is 5.92 Å². The van der Waals surface area contributed by atoms with Crippen molar-refractivity contribution in [2.75, 3.05) is 13.7 Å². The highest BCUT2D eigenvalue weighted by Crippen LogP contribution is 2.25. The van der Waals surface area contributed by atoms with Crippen LogP contribution in [0.5, 0.6) is 5.75 Å². The summed E-state index contributed by atoms with van der Waals surface area (Å²) in [6.45, 7) is 3.52. The monoisotopic (exact) mass is 332 g/mol. The molecule has 2 N–H and O–H groups in total. The Morgan fingerprint density at radius 3 is 2.90 bits per heavy atom. The summed E-state index contributed by atoms with van der Waals surface area (Å²) in [7, 11) is 1.58. The van der Waals surface area contributed by atoms with E-state index >= 15 is 0 Å². The number of rotatable bonds is 4. The van der Waals surface area contributed by atoms with E-state index < -0.39 is 0 Å². The summed E-state index contributed by atoms with van der Waals surface area (Å²) in [5.74, 6) is 0.888. The molecule has 0 radical (unpaired) electrons. The number of hydrogen-bond acceptors (Lipinski definition) is 3. The van der Waals surface area contributed by atoms with Crippen LogP contribution in [0.25, 0.3) is 0 Å². The number of carbonyl (C=O) groups excluding carboxylic acids is 1. The first-order valence-corrected chi connectivity index (χ1v) is 7.31. The van der Waals surface area contributed by atoms with Gasteiger partial charge in [0.05, 0.1) is 12.1 Å². The summed E-state index contributed by atoms with van der Waals surface area (Å²) in [6.07, 6.45) is 1.80. The van der Waals surface area contributed by atoms with Crippen LogP contribution >= 0.6 is 24.0 Å². The third-order valence-corrected chi connectivity index (χ3v) is 3.97. The standard InChI is InChI=1S/C15H21ClN2O2.ClH/c1-10-7-12(5-6-17-10)15(19)18-9-11-3-4-14(20-2)13(16)8-11;/h3-4,8,10,12,17H,5-7,9H2,1-2H3,(H,18,19);1H/t10-,12-;/m0./s1. The van der Waals surface area contributed by atoms with Crippen molar-refractivity contribution in [2.45, 2.75) is 32.4 Å². The lowest BCUT2D eigenvalue weighted by Gasteiger charge is -2.27. The Labute approximate surface area is 137 Å². The van der Waals surface area contributed by atoms with Crippen molar-refractivity contribution in [3.8, 4) is 5.75 Å². The molecule has 0 aliphatic carbocycles. The highest BCUT2D eigenvalue weighted by Gasteiger charge is 2.24. The van der Waals surface area contributed by atoms with Gasteiger partial charge < -0.3 is 15.4 Å². The topological polar surface area (TPSA) is 50.4 Å². The van der Waals surface area contributed by atoms with Crippen molar-refractivity contribution in [1.82, 2.24) is 10.6 Å². The Kier molecular flexibility index (Phi) is 7.29. The minimum atomic E-state index is 0. The van der Waals surface area contributed by atoms with Gasteiger partial charge in [0.2, 0.25) is 5.91 Å². The Bertz CT molecular complexity index is 483. The Balaban J connectivity index is 0.00000220. The molecular formula is C15H22Cl2N2O2. The molecule has 2 atom stereocenters. The highest BCUT2D eigenvalue weighted by atomic mass is 35.5. The van der Waals surface area contributed by atoms with Crippen LogP contribution in [0.2, 0.25) is 5.02 Å². The molecule has 2 rings (SSSR count). The quantitative estimate of drug-likeness (QED) is 0.891. The minimum absolute atomic E-state index is 0. The average Bonchev–Trinajstić information content (AvgIpc) is 2.45. The lowest BCUT2D eigenvalue weighted by Crippen LogP contribution is -2.42. The summed E-state index contributed by atoms with van der Waals surface area (Å²) in [5.41, 5.74) is 0.978. The summed E-state index contributed by atoms with van der Waals surface area (Å²) in [4.78, 5) is 12.1. The first-order chi connectivity index (χ1) is 9.60. The molecule has 0 aromatic heterocycles. The smallest absolute Gasteiger partial charge is 0.223 e. The van der Waals surface area contributed by atoms with Crippen LogP contribution in [0.1, 0.15) is 25.3 Å². The summed E-state index contributed by atoms with van der Waals surface area (Å²) in [6, 6.07) is 5.97. The molecule has 0 unspecified atom stereocenters. The maximum absolute atomic E-state index is 12.1. The molecule has 1 aliphatic rings. The zero-order valence-electron chi connectivity index (χ0n) is 12.3. The zero-order valence-corrected chi connectivity index (χ0v) is 13.9. The van der Waals surface area contributed by atoms with Crippen molar-refractivity contribution in [1.29, 1.82) is 0 Å². The van der Waals surface area contributed by atoms with Gasteiger partial charge in [-0.1, -0.05) is 17.7 Å². The SMILES string of the molecule is COc1ccc(CNC(=O)[C@H]2CCN[C@@H](C)C2)cc1Cl.Cl. The molecule has 1 fully saturated rings. The molecule has 1 aromatic carbocycles. The van der Waals surface area contributed by atoms with Crippen molar-refractivity contribution in [2.24, 2.45) is 5.92 Å². The van der Waals surface area contributed by atoms with Gasteiger partial charge >= 0.3 is 0 Å². The molecule has 0 spiro atoms. The first kappa shape index (κ1) is 18.1. The Morgan fingerprint density at radius 1 is 1.52 bits per heavy atom. The molecule has 1 heterocycles. The fraction of sp³-hybridized carbons (Fsp3) is 0.533. The van der Waals surface area contributed by atoms with Crippen LogP contribution in [-0.4, -0.2) is 25.6 Å². The fourth-order valence-electron chi connectivity index (χ4n) is 2.52. The number of benzene rings is 1. The van der Waals surface area contributed by atoms with Crippen LogP contribution in [0.4, 0.5) is 0 Å². The van der Waals surface area contributed by atoms with E-state index in [0.717, 1.165) is 24.9 Å². The number of halogens is 2. The van der Waals surface area contributed by atoms with Crippen LogP contribution in [0.3, 0.4) is 0 Å². The minimum Gasteiger partial charge on any atom is -0.495 e. The van der Waals surface area contributed by atoms with Gasteiger partial charge in [-0.15, -0.1) is 12.4 Å². The molecule has 1 aromatic rings. The first-order valence-electron chi connectivity index (χ1n) is 6.93. The van der Waals surface area contributed by atoms with Gasteiger partial charge in [-0.25, -0.2) is 0 Å².